The summed E-state index contributed by atoms with van der Waals surface area (Å²) in [5.74, 6) is 0. The average molecular weight is 266 g/mol. The minimum atomic E-state index is 0.771. The first-order chi connectivity index (χ1) is 9.63. The van der Waals surface area contributed by atoms with Crippen molar-refractivity contribution < 1.29 is 0 Å². The lowest BCUT2D eigenvalue weighted by Gasteiger charge is -2.10. The fourth-order valence-corrected chi connectivity index (χ4v) is 2.47. The Kier molecular flexibility index (Phi) is 3.14. The molecule has 2 heterocycles. The first-order valence-corrected chi connectivity index (χ1v) is 6.73. The van der Waals surface area contributed by atoms with Gasteiger partial charge in [0.25, 0.3) is 0 Å². The molecule has 20 heavy (non-hydrogen) atoms. The van der Waals surface area contributed by atoms with Crippen LogP contribution in [0.25, 0.3) is 10.9 Å². The van der Waals surface area contributed by atoms with Crippen molar-refractivity contribution in [3.8, 4) is 0 Å². The summed E-state index contributed by atoms with van der Waals surface area (Å²) in [5, 5.41) is 9.03. The van der Waals surface area contributed by atoms with E-state index in [-0.39, 0.29) is 0 Å². The van der Waals surface area contributed by atoms with E-state index in [0.29, 0.717) is 0 Å². The number of aromatic nitrogens is 3. The van der Waals surface area contributed by atoms with Crippen LogP contribution in [-0.4, -0.2) is 14.8 Å². The number of hydrogen-bond donors (Lipinski definition) is 1. The lowest BCUT2D eigenvalue weighted by Crippen LogP contribution is -2.01. The standard InChI is InChI=1S/C16H18N4/c1-11-8-16(14-6-4-5-7-15(14)18-11)17-9-13-10-20(3)19-12(13)2/h4-8,10H,9H2,1-3H3,(H,17,18). The molecule has 0 aliphatic carbocycles. The maximum Gasteiger partial charge on any atom is 0.0725 e. The van der Waals surface area contributed by atoms with Gasteiger partial charge in [-0.2, -0.15) is 5.10 Å². The molecule has 0 atom stereocenters. The molecular formula is C16H18N4. The Balaban J connectivity index is 1.92. The molecule has 0 saturated carbocycles. The van der Waals surface area contributed by atoms with E-state index in [1.807, 2.05) is 43.8 Å². The number of nitrogens with one attached hydrogen (secondary N) is 1. The minimum absolute atomic E-state index is 0.771. The van der Waals surface area contributed by atoms with Crippen LogP contribution in [0.15, 0.2) is 36.5 Å². The summed E-state index contributed by atoms with van der Waals surface area (Å²) >= 11 is 0. The number of para-hydroxylation sites is 1. The van der Waals surface area contributed by atoms with Gasteiger partial charge < -0.3 is 5.32 Å². The fraction of sp³-hybridized carbons (Fsp3) is 0.250. The van der Waals surface area contributed by atoms with Gasteiger partial charge in [-0.25, -0.2) is 0 Å². The molecule has 2 aromatic heterocycles. The summed E-state index contributed by atoms with van der Waals surface area (Å²) in [4.78, 5) is 4.56. The summed E-state index contributed by atoms with van der Waals surface area (Å²) < 4.78 is 1.85. The van der Waals surface area contributed by atoms with Gasteiger partial charge in [0.2, 0.25) is 0 Å². The van der Waals surface area contributed by atoms with E-state index < -0.39 is 0 Å². The number of aryl methyl sites for hydroxylation is 3. The zero-order valence-electron chi connectivity index (χ0n) is 12.0. The van der Waals surface area contributed by atoms with E-state index in [0.717, 1.165) is 34.5 Å². The van der Waals surface area contributed by atoms with Gasteiger partial charge in [0.15, 0.2) is 0 Å². The third-order valence-corrected chi connectivity index (χ3v) is 3.43. The highest BCUT2D eigenvalue weighted by molar-refractivity contribution is 5.91. The van der Waals surface area contributed by atoms with E-state index in [1.165, 1.54) is 5.56 Å². The molecule has 0 bridgehead atoms. The second kappa shape index (κ2) is 4.96. The molecule has 0 spiro atoms. The minimum Gasteiger partial charge on any atom is -0.380 e. The largest absolute Gasteiger partial charge is 0.380 e. The van der Waals surface area contributed by atoms with Gasteiger partial charge in [0, 0.05) is 42.1 Å². The second-order valence-electron chi connectivity index (χ2n) is 5.10. The van der Waals surface area contributed by atoms with Gasteiger partial charge in [-0.3, -0.25) is 9.67 Å². The first-order valence-electron chi connectivity index (χ1n) is 6.73. The third kappa shape index (κ3) is 2.37. The molecule has 1 N–H and O–H groups in total. The van der Waals surface area contributed by atoms with Crippen LogP contribution in [-0.2, 0) is 13.6 Å². The van der Waals surface area contributed by atoms with Crippen molar-refractivity contribution in [2.24, 2.45) is 7.05 Å². The van der Waals surface area contributed by atoms with Crippen LogP contribution in [0.1, 0.15) is 17.0 Å². The predicted molar refractivity (Wildman–Crippen MR) is 81.8 cm³/mol. The Morgan fingerprint density at radius 2 is 2.00 bits per heavy atom. The van der Waals surface area contributed by atoms with Crippen LogP contribution in [0.2, 0.25) is 0 Å². The molecule has 4 nitrogen and oxygen atoms in total. The van der Waals surface area contributed by atoms with Crippen LogP contribution < -0.4 is 5.32 Å². The number of pyridine rings is 1. The molecule has 0 aliphatic heterocycles. The van der Waals surface area contributed by atoms with Gasteiger partial charge in [0.1, 0.15) is 0 Å². The van der Waals surface area contributed by atoms with Crippen molar-refractivity contribution >= 4 is 16.6 Å². The molecule has 102 valence electrons. The quantitative estimate of drug-likeness (QED) is 0.791. The molecule has 3 rings (SSSR count). The first kappa shape index (κ1) is 12.7. The summed E-state index contributed by atoms with van der Waals surface area (Å²) in [6, 6.07) is 10.3. The van der Waals surface area contributed by atoms with Crippen LogP contribution in [0, 0.1) is 13.8 Å². The van der Waals surface area contributed by atoms with Crippen molar-refractivity contribution in [1.29, 1.82) is 0 Å². The number of benzene rings is 1. The van der Waals surface area contributed by atoms with Crippen molar-refractivity contribution in [2.45, 2.75) is 20.4 Å². The summed E-state index contributed by atoms with van der Waals surface area (Å²) in [6.07, 6.45) is 2.05. The van der Waals surface area contributed by atoms with E-state index in [2.05, 4.69) is 33.7 Å². The van der Waals surface area contributed by atoms with Crippen molar-refractivity contribution in [1.82, 2.24) is 14.8 Å². The van der Waals surface area contributed by atoms with Gasteiger partial charge >= 0.3 is 0 Å². The van der Waals surface area contributed by atoms with Crippen molar-refractivity contribution in [3.63, 3.8) is 0 Å². The molecule has 1 aromatic carbocycles. The predicted octanol–water partition coefficient (Wildman–Crippen LogP) is 3.20. The molecule has 0 amide bonds. The van der Waals surface area contributed by atoms with E-state index in [9.17, 15) is 0 Å². The van der Waals surface area contributed by atoms with E-state index >= 15 is 0 Å². The van der Waals surface area contributed by atoms with Gasteiger partial charge in [-0.05, 0) is 26.0 Å². The molecule has 0 unspecified atom stereocenters. The highest BCUT2D eigenvalue weighted by Gasteiger charge is 2.06. The number of rotatable bonds is 3. The highest BCUT2D eigenvalue weighted by Crippen LogP contribution is 2.23. The summed E-state index contributed by atoms with van der Waals surface area (Å²) in [5.41, 5.74) is 5.45. The Labute approximate surface area is 118 Å². The van der Waals surface area contributed by atoms with E-state index in [1.54, 1.807) is 0 Å². The van der Waals surface area contributed by atoms with Gasteiger partial charge in [-0.1, -0.05) is 18.2 Å². The van der Waals surface area contributed by atoms with Crippen molar-refractivity contribution in [2.75, 3.05) is 5.32 Å². The van der Waals surface area contributed by atoms with Gasteiger partial charge in [0.05, 0.1) is 11.2 Å². The Morgan fingerprint density at radius 1 is 1.20 bits per heavy atom. The fourth-order valence-electron chi connectivity index (χ4n) is 2.47. The molecular weight excluding hydrogens is 248 g/mol. The molecule has 0 radical (unpaired) electrons. The summed E-state index contributed by atoms with van der Waals surface area (Å²) in [6.45, 7) is 4.83. The zero-order valence-corrected chi connectivity index (χ0v) is 12.0. The Bertz CT molecular complexity index is 758. The molecule has 3 aromatic rings. The molecule has 4 heteroatoms. The van der Waals surface area contributed by atoms with Crippen LogP contribution in [0.5, 0.6) is 0 Å². The Hall–Kier alpha value is -2.36. The van der Waals surface area contributed by atoms with E-state index in [4.69, 9.17) is 0 Å². The lowest BCUT2D eigenvalue weighted by atomic mass is 10.1. The second-order valence-corrected chi connectivity index (χ2v) is 5.10. The van der Waals surface area contributed by atoms with Gasteiger partial charge in [-0.15, -0.1) is 0 Å². The number of fused-ring (bicyclic) bond motifs is 1. The maximum atomic E-state index is 4.56. The number of nitrogens with zero attached hydrogens (tertiary/aromatic N) is 3. The SMILES string of the molecule is Cc1cc(NCc2cn(C)nc2C)c2ccccc2n1. The smallest absolute Gasteiger partial charge is 0.0725 e. The number of hydrogen-bond acceptors (Lipinski definition) is 3. The third-order valence-electron chi connectivity index (χ3n) is 3.43. The number of anilines is 1. The lowest BCUT2D eigenvalue weighted by molar-refractivity contribution is 0.756. The van der Waals surface area contributed by atoms with Crippen molar-refractivity contribution in [3.05, 3.63) is 53.5 Å². The average Bonchev–Trinajstić information content (AvgIpc) is 2.74. The van der Waals surface area contributed by atoms with Crippen LogP contribution in [0.3, 0.4) is 0 Å². The monoisotopic (exact) mass is 266 g/mol. The zero-order chi connectivity index (χ0) is 14.1. The normalized spacial score (nSPS) is 10.9. The highest BCUT2D eigenvalue weighted by atomic mass is 15.2. The van der Waals surface area contributed by atoms with Crippen LogP contribution in [0.4, 0.5) is 5.69 Å². The maximum absolute atomic E-state index is 4.56. The molecule has 0 saturated heterocycles. The molecule has 0 aliphatic rings. The summed E-state index contributed by atoms with van der Waals surface area (Å²) in [7, 11) is 1.95. The topological polar surface area (TPSA) is 42.7 Å². The Morgan fingerprint density at radius 3 is 2.75 bits per heavy atom. The van der Waals surface area contributed by atoms with Crippen LogP contribution >= 0.6 is 0 Å². The molecule has 0 fully saturated rings.